The van der Waals surface area contributed by atoms with Crippen molar-refractivity contribution in [1.82, 2.24) is 5.32 Å². The smallest absolute Gasteiger partial charge is 0.332 e. The van der Waals surface area contributed by atoms with Gasteiger partial charge in [0.1, 0.15) is 6.04 Å². The maximum atomic E-state index is 11.7. The SMILES string of the molecule is CCOC(=O)C(/C=C/c1ccc(C)cc1)NC(C)=O. The van der Waals surface area contributed by atoms with Crippen LogP contribution in [0.1, 0.15) is 25.0 Å². The van der Waals surface area contributed by atoms with Gasteiger partial charge in [0.05, 0.1) is 6.61 Å². The van der Waals surface area contributed by atoms with Crippen molar-refractivity contribution in [2.24, 2.45) is 0 Å². The van der Waals surface area contributed by atoms with Gasteiger partial charge in [-0.25, -0.2) is 4.79 Å². The van der Waals surface area contributed by atoms with Gasteiger partial charge in [0.2, 0.25) is 5.91 Å². The van der Waals surface area contributed by atoms with E-state index in [-0.39, 0.29) is 12.5 Å². The molecule has 0 bridgehead atoms. The minimum absolute atomic E-state index is 0.272. The Bertz CT molecular complexity index is 463. The molecule has 1 unspecified atom stereocenters. The Hall–Kier alpha value is -2.10. The van der Waals surface area contributed by atoms with Gasteiger partial charge < -0.3 is 10.1 Å². The van der Waals surface area contributed by atoms with Gasteiger partial charge in [0.15, 0.2) is 0 Å². The summed E-state index contributed by atoms with van der Waals surface area (Å²) in [6.45, 7) is 5.39. The fourth-order valence-electron chi connectivity index (χ4n) is 1.52. The number of amides is 1. The van der Waals surface area contributed by atoms with E-state index in [0.29, 0.717) is 0 Å². The molecule has 1 N–H and O–H groups in total. The zero-order valence-electron chi connectivity index (χ0n) is 11.5. The minimum atomic E-state index is -0.751. The van der Waals surface area contributed by atoms with Gasteiger partial charge in [0, 0.05) is 6.92 Å². The van der Waals surface area contributed by atoms with Crippen LogP contribution in [0.5, 0.6) is 0 Å². The summed E-state index contributed by atoms with van der Waals surface area (Å²) in [5.41, 5.74) is 2.13. The number of ether oxygens (including phenoxy) is 1. The fourth-order valence-corrected chi connectivity index (χ4v) is 1.52. The predicted molar refractivity (Wildman–Crippen MR) is 74.5 cm³/mol. The summed E-state index contributed by atoms with van der Waals surface area (Å²) < 4.78 is 4.91. The van der Waals surface area contributed by atoms with E-state index in [2.05, 4.69) is 5.32 Å². The first kappa shape index (κ1) is 15.0. The number of nitrogens with one attached hydrogen (secondary N) is 1. The maximum Gasteiger partial charge on any atom is 0.332 e. The number of rotatable bonds is 5. The van der Waals surface area contributed by atoms with Crippen LogP contribution in [0.25, 0.3) is 6.08 Å². The Morgan fingerprint density at radius 2 is 1.95 bits per heavy atom. The number of carbonyl (C=O) groups is 2. The van der Waals surface area contributed by atoms with E-state index in [1.165, 1.54) is 12.5 Å². The van der Waals surface area contributed by atoms with Gasteiger partial charge >= 0.3 is 5.97 Å². The third-order valence-electron chi connectivity index (χ3n) is 2.46. The van der Waals surface area contributed by atoms with Gasteiger partial charge in [0.25, 0.3) is 0 Å². The Kier molecular flexibility index (Phi) is 5.79. The first-order valence-corrected chi connectivity index (χ1v) is 6.21. The lowest BCUT2D eigenvalue weighted by Gasteiger charge is -2.12. The predicted octanol–water partition coefficient (Wildman–Crippen LogP) is 2.08. The van der Waals surface area contributed by atoms with Crippen molar-refractivity contribution in [1.29, 1.82) is 0 Å². The number of aryl methyl sites for hydroxylation is 1. The summed E-state index contributed by atoms with van der Waals surface area (Å²) in [7, 11) is 0. The summed E-state index contributed by atoms with van der Waals surface area (Å²) in [6, 6.07) is 7.11. The summed E-state index contributed by atoms with van der Waals surface area (Å²) in [5.74, 6) is -0.729. The van der Waals surface area contributed by atoms with Crippen molar-refractivity contribution in [3.63, 3.8) is 0 Å². The lowest BCUT2D eigenvalue weighted by Crippen LogP contribution is -2.39. The first-order chi connectivity index (χ1) is 9.02. The van der Waals surface area contributed by atoms with Gasteiger partial charge in [-0.15, -0.1) is 0 Å². The molecule has 0 aliphatic carbocycles. The quantitative estimate of drug-likeness (QED) is 0.826. The van der Waals surface area contributed by atoms with Gasteiger partial charge in [-0.2, -0.15) is 0 Å². The van der Waals surface area contributed by atoms with E-state index >= 15 is 0 Å². The molecular weight excluding hydrogens is 242 g/mol. The first-order valence-electron chi connectivity index (χ1n) is 6.21. The molecule has 0 saturated heterocycles. The van der Waals surface area contributed by atoms with E-state index in [1.807, 2.05) is 31.2 Å². The van der Waals surface area contributed by atoms with Crippen LogP contribution in [0.15, 0.2) is 30.3 Å². The molecule has 1 amide bonds. The third-order valence-corrected chi connectivity index (χ3v) is 2.46. The second-order valence-electron chi connectivity index (χ2n) is 4.20. The number of esters is 1. The molecule has 1 rings (SSSR count). The second kappa shape index (κ2) is 7.36. The second-order valence-corrected chi connectivity index (χ2v) is 4.20. The van der Waals surface area contributed by atoms with Crippen LogP contribution in [0.4, 0.5) is 0 Å². The summed E-state index contributed by atoms with van der Waals surface area (Å²) >= 11 is 0. The summed E-state index contributed by atoms with van der Waals surface area (Å²) in [4.78, 5) is 22.7. The molecule has 0 radical (unpaired) electrons. The van der Waals surface area contributed by atoms with E-state index in [4.69, 9.17) is 4.74 Å². The monoisotopic (exact) mass is 261 g/mol. The van der Waals surface area contributed by atoms with E-state index in [9.17, 15) is 9.59 Å². The lowest BCUT2D eigenvalue weighted by atomic mass is 10.1. The molecule has 1 aromatic rings. The highest BCUT2D eigenvalue weighted by Crippen LogP contribution is 2.06. The van der Waals surface area contributed by atoms with Crippen molar-refractivity contribution < 1.29 is 14.3 Å². The maximum absolute atomic E-state index is 11.7. The van der Waals surface area contributed by atoms with Crippen molar-refractivity contribution in [2.75, 3.05) is 6.61 Å². The molecule has 4 nitrogen and oxygen atoms in total. The Morgan fingerprint density at radius 1 is 1.32 bits per heavy atom. The Morgan fingerprint density at radius 3 is 2.47 bits per heavy atom. The van der Waals surface area contributed by atoms with Crippen LogP contribution in [0.2, 0.25) is 0 Å². The van der Waals surface area contributed by atoms with Gasteiger partial charge in [-0.05, 0) is 19.4 Å². The van der Waals surface area contributed by atoms with Crippen LogP contribution in [-0.2, 0) is 14.3 Å². The van der Waals surface area contributed by atoms with Gasteiger partial charge in [-0.3, -0.25) is 4.79 Å². The molecule has 0 fully saturated rings. The molecule has 0 aliphatic heterocycles. The molecule has 4 heteroatoms. The highest BCUT2D eigenvalue weighted by atomic mass is 16.5. The van der Waals surface area contributed by atoms with Crippen molar-refractivity contribution in [3.05, 3.63) is 41.5 Å². The summed E-state index contributed by atoms with van der Waals surface area (Å²) in [5, 5.41) is 2.55. The van der Waals surface area contributed by atoms with Crippen LogP contribution in [-0.4, -0.2) is 24.5 Å². The number of benzene rings is 1. The standard InChI is InChI=1S/C15H19NO3/c1-4-19-15(18)14(16-12(3)17)10-9-13-7-5-11(2)6-8-13/h5-10,14H,4H2,1-3H3,(H,16,17)/b10-9+. The highest BCUT2D eigenvalue weighted by molar-refractivity contribution is 5.85. The zero-order chi connectivity index (χ0) is 14.3. The zero-order valence-corrected chi connectivity index (χ0v) is 11.5. The average Bonchev–Trinajstić information content (AvgIpc) is 2.36. The van der Waals surface area contributed by atoms with Crippen LogP contribution >= 0.6 is 0 Å². The van der Waals surface area contributed by atoms with E-state index < -0.39 is 12.0 Å². The largest absolute Gasteiger partial charge is 0.464 e. The molecule has 0 aromatic heterocycles. The van der Waals surface area contributed by atoms with E-state index in [0.717, 1.165) is 5.56 Å². The van der Waals surface area contributed by atoms with Crippen LogP contribution < -0.4 is 5.32 Å². The van der Waals surface area contributed by atoms with E-state index in [1.54, 1.807) is 19.1 Å². The Balaban J connectivity index is 2.78. The topological polar surface area (TPSA) is 55.4 Å². The molecular formula is C15H19NO3. The number of hydrogen-bond donors (Lipinski definition) is 1. The number of hydrogen-bond acceptors (Lipinski definition) is 3. The average molecular weight is 261 g/mol. The molecule has 0 saturated carbocycles. The molecule has 1 atom stereocenters. The molecule has 0 aliphatic rings. The van der Waals surface area contributed by atoms with Crippen molar-refractivity contribution in [2.45, 2.75) is 26.8 Å². The molecule has 1 aromatic carbocycles. The van der Waals surface area contributed by atoms with Gasteiger partial charge in [-0.1, -0.05) is 42.0 Å². The van der Waals surface area contributed by atoms with Crippen molar-refractivity contribution >= 4 is 18.0 Å². The number of carbonyl (C=O) groups excluding carboxylic acids is 2. The molecule has 102 valence electrons. The third kappa shape index (κ3) is 5.38. The lowest BCUT2D eigenvalue weighted by molar-refractivity contribution is -0.145. The molecule has 19 heavy (non-hydrogen) atoms. The van der Waals surface area contributed by atoms with Crippen molar-refractivity contribution in [3.8, 4) is 0 Å². The minimum Gasteiger partial charge on any atom is -0.464 e. The van der Waals surface area contributed by atoms with Crippen LogP contribution in [0, 0.1) is 6.92 Å². The highest BCUT2D eigenvalue weighted by Gasteiger charge is 2.16. The Labute approximate surface area is 113 Å². The summed E-state index contributed by atoms with van der Waals surface area (Å²) in [6.07, 6.45) is 3.42. The van der Waals surface area contributed by atoms with Crippen LogP contribution in [0.3, 0.4) is 0 Å². The normalized spacial score (nSPS) is 12.2. The molecule has 0 heterocycles. The fraction of sp³-hybridized carbons (Fsp3) is 0.333. The molecule has 0 spiro atoms.